The molecule has 1 unspecified atom stereocenters. The van der Waals surface area contributed by atoms with E-state index in [0.717, 1.165) is 18.4 Å². The van der Waals surface area contributed by atoms with E-state index in [9.17, 15) is 5.11 Å². The van der Waals surface area contributed by atoms with Crippen molar-refractivity contribution in [1.29, 1.82) is 0 Å². The summed E-state index contributed by atoms with van der Waals surface area (Å²) >= 11 is 0. The number of likely N-dealkylation sites (tertiary alicyclic amines) is 1. The summed E-state index contributed by atoms with van der Waals surface area (Å²) in [6, 6.07) is 0. The van der Waals surface area contributed by atoms with Crippen LogP contribution in [0.25, 0.3) is 0 Å². The second-order valence-corrected chi connectivity index (χ2v) is 8.51. The number of rotatable bonds is 6. The molecule has 0 aromatic heterocycles. The molecule has 2 N–H and O–H groups in total. The van der Waals surface area contributed by atoms with Gasteiger partial charge in [-0.25, -0.2) is 0 Å². The van der Waals surface area contributed by atoms with Crippen molar-refractivity contribution in [2.24, 2.45) is 23.7 Å². The van der Waals surface area contributed by atoms with Crippen LogP contribution in [0, 0.1) is 23.7 Å². The van der Waals surface area contributed by atoms with Gasteiger partial charge < -0.3 is 14.7 Å². The van der Waals surface area contributed by atoms with Gasteiger partial charge in [0.05, 0.1) is 25.8 Å². The zero-order valence-electron chi connectivity index (χ0n) is 15.2. The van der Waals surface area contributed by atoms with Gasteiger partial charge in [0.25, 0.3) is 0 Å². The maximum absolute atomic E-state index is 10.4. The smallest absolute Gasteiger partial charge is 0.126 e. The number of piperidine rings is 1. The molecule has 2 fully saturated rings. The number of aliphatic hydroxyl groups is 1. The highest BCUT2D eigenvalue weighted by Gasteiger charge is 2.32. The summed E-state index contributed by atoms with van der Waals surface area (Å²) in [7, 11) is 0. The lowest BCUT2D eigenvalue weighted by Crippen LogP contribution is -3.14. The third-order valence-electron chi connectivity index (χ3n) is 5.85. The topological polar surface area (TPSA) is 33.9 Å². The van der Waals surface area contributed by atoms with Crippen molar-refractivity contribution in [3.05, 3.63) is 0 Å². The Labute approximate surface area is 137 Å². The molecule has 0 aromatic carbocycles. The Morgan fingerprint density at radius 3 is 2.59 bits per heavy atom. The molecule has 0 spiro atoms. The second kappa shape index (κ2) is 8.65. The van der Waals surface area contributed by atoms with Crippen LogP contribution >= 0.6 is 0 Å². The van der Waals surface area contributed by atoms with E-state index in [4.69, 9.17) is 4.74 Å². The van der Waals surface area contributed by atoms with Gasteiger partial charge in [0, 0.05) is 5.92 Å². The van der Waals surface area contributed by atoms with Crippen LogP contribution in [-0.4, -0.2) is 43.6 Å². The molecule has 1 saturated heterocycles. The monoisotopic (exact) mass is 312 g/mol. The lowest BCUT2D eigenvalue weighted by Gasteiger charge is -2.37. The maximum Gasteiger partial charge on any atom is 0.126 e. The first-order valence-electron chi connectivity index (χ1n) is 9.59. The number of hydrogen-bond donors (Lipinski definition) is 2. The van der Waals surface area contributed by atoms with E-state index in [2.05, 4.69) is 27.7 Å². The lowest BCUT2D eigenvalue weighted by molar-refractivity contribution is -0.911. The Morgan fingerprint density at radius 2 is 1.91 bits per heavy atom. The Morgan fingerprint density at radius 1 is 1.14 bits per heavy atom. The molecule has 6 atom stereocenters. The summed E-state index contributed by atoms with van der Waals surface area (Å²) < 4.78 is 6.19. The van der Waals surface area contributed by atoms with Crippen molar-refractivity contribution < 1.29 is 14.7 Å². The first-order valence-corrected chi connectivity index (χ1v) is 9.59. The van der Waals surface area contributed by atoms with Crippen LogP contribution in [0.3, 0.4) is 0 Å². The third-order valence-corrected chi connectivity index (χ3v) is 5.85. The molecule has 0 bridgehead atoms. The summed E-state index contributed by atoms with van der Waals surface area (Å²) in [6.45, 7) is 13.1. The highest BCUT2D eigenvalue weighted by Crippen LogP contribution is 2.35. The number of quaternary nitrogens is 1. The van der Waals surface area contributed by atoms with Gasteiger partial charge in [0.1, 0.15) is 12.6 Å². The maximum atomic E-state index is 10.4. The van der Waals surface area contributed by atoms with E-state index < -0.39 is 0 Å². The average Bonchev–Trinajstić information content (AvgIpc) is 2.45. The van der Waals surface area contributed by atoms with Gasteiger partial charge in [-0.05, 0) is 43.4 Å². The van der Waals surface area contributed by atoms with Crippen molar-refractivity contribution >= 4 is 0 Å². The van der Waals surface area contributed by atoms with E-state index in [0.29, 0.717) is 24.5 Å². The molecule has 3 heteroatoms. The van der Waals surface area contributed by atoms with E-state index in [-0.39, 0.29) is 6.10 Å². The van der Waals surface area contributed by atoms with Crippen LogP contribution in [0.15, 0.2) is 0 Å². The number of hydrogen-bond acceptors (Lipinski definition) is 2. The first-order chi connectivity index (χ1) is 10.5. The Kier molecular flexibility index (Phi) is 7.17. The van der Waals surface area contributed by atoms with Crippen molar-refractivity contribution in [2.45, 2.75) is 72.0 Å². The molecule has 0 aromatic rings. The molecule has 0 radical (unpaired) electrons. The second-order valence-electron chi connectivity index (χ2n) is 8.51. The van der Waals surface area contributed by atoms with Crippen molar-refractivity contribution in [2.75, 3.05) is 26.2 Å². The van der Waals surface area contributed by atoms with E-state index >= 15 is 0 Å². The highest BCUT2D eigenvalue weighted by atomic mass is 16.5. The van der Waals surface area contributed by atoms with E-state index in [1.54, 1.807) is 4.90 Å². The van der Waals surface area contributed by atoms with Crippen molar-refractivity contribution in [3.8, 4) is 0 Å². The molecular weight excluding hydrogens is 274 g/mol. The standard InChI is InChI=1S/C19H37NO2/c1-14(2)18-8-7-15(3)10-19(18)22-13-17(21)12-20-9-5-6-16(4)11-20/h14-19,21H,5-13H2,1-4H3/p+1/t15-,16+,17-,18-,19-/m1/s1. The minimum absolute atomic E-state index is 0.301. The molecule has 1 aliphatic heterocycles. The van der Waals surface area contributed by atoms with Crippen molar-refractivity contribution in [3.63, 3.8) is 0 Å². The van der Waals surface area contributed by atoms with Crippen LogP contribution in [0.4, 0.5) is 0 Å². The van der Waals surface area contributed by atoms with E-state index in [1.807, 2.05) is 0 Å². The van der Waals surface area contributed by atoms with Gasteiger partial charge in [0.15, 0.2) is 0 Å². The minimum Gasteiger partial charge on any atom is -0.385 e. The molecule has 22 heavy (non-hydrogen) atoms. The molecule has 1 aliphatic carbocycles. The molecule has 2 aliphatic rings. The molecular formula is C19H38NO2+. The van der Waals surface area contributed by atoms with Crippen LogP contribution in [0.2, 0.25) is 0 Å². The molecule has 130 valence electrons. The van der Waals surface area contributed by atoms with Gasteiger partial charge >= 0.3 is 0 Å². The lowest BCUT2D eigenvalue weighted by atomic mass is 9.75. The van der Waals surface area contributed by atoms with Gasteiger partial charge in [-0.1, -0.05) is 34.1 Å². The fraction of sp³-hybridized carbons (Fsp3) is 1.00. The van der Waals surface area contributed by atoms with Gasteiger partial charge in [-0.15, -0.1) is 0 Å². The normalized spacial score (nSPS) is 38.2. The van der Waals surface area contributed by atoms with Gasteiger partial charge in [0.2, 0.25) is 0 Å². The molecule has 2 rings (SSSR count). The SMILES string of the molecule is CC(C)[C@H]1CC[C@@H](C)C[C@H]1OC[C@H](O)C[NH+]1CCC[C@H](C)C1. The predicted octanol–water partition coefficient (Wildman–Crippen LogP) is 2.14. The summed E-state index contributed by atoms with van der Waals surface area (Å²) in [6.07, 6.45) is 6.50. The molecule has 0 amide bonds. The summed E-state index contributed by atoms with van der Waals surface area (Å²) in [5.74, 6) is 2.93. The average molecular weight is 313 g/mol. The van der Waals surface area contributed by atoms with Crippen LogP contribution < -0.4 is 4.90 Å². The fourth-order valence-electron chi connectivity index (χ4n) is 4.52. The summed E-state index contributed by atoms with van der Waals surface area (Å²) in [5, 5.41) is 10.4. The first kappa shape index (κ1) is 18.2. The zero-order chi connectivity index (χ0) is 16.1. The predicted molar refractivity (Wildman–Crippen MR) is 91.1 cm³/mol. The van der Waals surface area contributed by atoms with Crippen LogP contribution in [0.5, 0.6) is 0 Å². The molecule has 1 saturated carbocycles. The molecule has 3 nitrogen and oxygen atoms in total. The minimum atomic E-state index is -0.301. The number of aliphatic hydroxyl groups excluding tert-OH is 1. The van der Waals surface area contributed by atoms with Gasteiger partial charge in [-0.2, -0.15) is 0 Å². The third kappa shape index (κ3) is 5.50. The highest BCUT2D eigenvalue weighted by molar-refractivity contribution is 4.81. The molecule has 1 heterocycles. The zero-order valence-corrected chi connectivity index (χ0v) is 15.2. The van der Waals surface area contributed by atoms with E-state index in [1.165, 1.54) is 45.2 Å². The quantitative estimate of drug-likeness (QED) is 0.788. The fourth-order valence-corrected chi connectivity index (χ4v) is 4.52. The Balaban J connectivity index is 1.75. The van der Waals surface area contributed by atoms with Crippen LogP contribution in [-0.2, 0) is 4.74 Å². The van der Waals surface area contributed by atoms with Gasteiger partial charge in [-0.3, -0.25) is 0 Å². The largest absolute Gasteiger partial charge is 0.385 e. The Bertz CT molecular complexity index is 321. The van der Waals surface area contributed by atoms with Crippen molar-refractivity contribution in [1.82, 2.24) is 0 Å². The number of nitrogens with one attached hydrogen (secondary N) is 1. The van der Waals surface area contributed by atoms with Crippen LogP contribution in [0.1, 0.15) is 59.8 Å². The Hall–Kier alpha value is -0.120. The summed E-state index contributed by atoms with van der Waals surface area (Å²) in [4.78, 5) is 1.56. The summed E-state index contributed by atoms with van der Waals surface area (Å²) in [5.41, 5.74) is 0. The number of ether oxygens (including phenoxy) is 1.